The molecule has 0 amide bonds. The molecule has 1 aromatic rings. The maximum atomic E-state index is 8.77. The highest BCUT2D eigenvalue weighted by Gasteiger charge is 2.04. The van der Waals surface area contributed by atoms with Gasteiger partial charge in [0.2, 0.25) is 0 Å². The summed E-state index contributed by atoms with van der Waals surface area (Å²) in [5.74, 6) is 0.814. The van der Waals surface area contributed by atoms with Gasteiger partial charge in [0, 0.05) is 6.54 Å². The minimum atomic E-state index is 0.127. The van der Waals surface area contributed by atoms with Gasteiger partial charge in [-0.1, -0.05) is 0 Å². The number of benzene rings is 1. The van der Waals surface area contributed by atoms with E-state index < -0.39 is 0 Å². The van der Waals surface area contributed by atoms with Crippen LogP contribution in [0.2, 0.25) is 0 Å². The van der Waals surface area contributed by atoms with Crippen molar-refractivity contribution in [3.63, 3.8) is 0 Å². The van der Waals surface area contributed by atoms with E-state index in [1.807, 2.05) is 33.0 Å². The van der Waals surface area contributed by atoms with E-state index in [1.165, 1.54) is 0 Å². The Kier molecular flexibility index (Phi) is 4.14. The first-order valence-electron chi connectivity index (χ1n) is 4.99. The zero-order valence-electron chi connectivity index (χ0n) is 9.37. The molecule has 0 radical (unpaired) electrons. The second-order valence-corrected chi connectivity index (χ2v) is 3.57. The minimum Gasteiger partial charge on any atom is -0.489 e. The minimum absolute atomic E-state index is 0.127. The van der Waals surface area contributed by atoms with E-state index >= 15 is 0 Å². The van der Waals surface area contributed by atoms with Crippen molar-refractivity contribution in [3.05, 3.63) is 29.3 Å². The maximum absolute atomic E-state index is 8.77. The molecule has 80 valence electrons. The lowest BCUT2D eigenvalue weighted by molar-refractivity contribution is 0.220. The first-order chi connectivity index (χ1) is 7.17. The summed E-state index contributed by atoms with van der Waals surface area (Å²) < 4.78 is 5.66. The Balaban J connectivity index is 2.72. The van der Waals surface area contributed by atoms with Crippen LogP contribution in [0.15, 0.2) is 18.2 Å². The van der Waals surface area contributed by atoms with Gasteiger partial charge in [-0.3, -0.25) is 0 Å². The van der Waals surface area contributed by atoms with E-state index in [2.05, 4.69) is 11.4 Å². The molecule has 0 saturated carbocycles. The molecule has 0 saturated heterocycles. The van der Waals surface area contributed by atoms with Crippen molar-refractivity contribution >= 4 is 0 Å². The van der Waals surface area contributed by atoms with Crippen molar-refractivity contribution in [3.8, 4) is 11.8 Å². The van der Waals surface area contributed by atoms with Gasteiger partial charge in [0.1, 0.15) is 11.9 Å². The number of rotatable bonds is 4. The molecule has 1 N–H and O–H groups in total. The van der Waals surface area contributed by atoms with Crippen LogP contribution in [0.4, 0.5) is 0 Å². The van der Waals surface area contributed by atoms with Gasteiger partial charge in [0.25, 0.3) is 0 Å². The van der Waals surface area contributed by atoms with Gasteiger partial charge in [-0.25, -0.2) is 0 Å². The number of nitrogens with one attached hydrogen (secondary N) is 1. The molecule has 0 aliphatic heterocycles. The Bertz CT molecular complexity index is 368. The number of hydrogen-bond donors (Lipinski definition) is 1. The number of nitriles is 1. The van der Waals surface area contributed by atoms with Gasteiger partial charge in [-0.05, 0) is 44.7 Å². The quantitative estimate of drug-likeness (QED) is 0.814. The predicted molar refractivity (Wildman–Crippen MR) is 59.9 cm³/mol. The maximum Gasteiger partial charge on any atom is 0.120 e. The normalized spacial score (nSPS) is 11.9. The highest BCUT2D eigenvalue weighted by Crippen LogP contribution is 2.17. The van der Waals surface area contributed by atoms with Crippen LogP contribution < -0.4 is 10.1 Å². The second kappa shape index (κ2) is 5.38. The average molecular weight is 204 g/mol. The first kappa shape index (κ1) is 11.5. The van der Waals surface area contributed by atoms with Crippen molar-refractivity contribution in [2.24, 2.45) is 0 Å². The van der Waals surface area contributed by atoms with Crippen LogP contribution in [-0.2, 0) is 0 Å². The van der Waals surface area contributed by atoms with Crippen molar-refractivity contribution in [2.75, 3.05) is 13.6 Å². The van der Waals surface area contributed by atoms with E-state index in [-0.39, 0.29) is 6.10 Å². The monoisotopic (exact) mass is 204 g/mol. The summed E-state index contributed by atoms with van der Waals surface area (Å²) >= 11 is 0. The molecular formula is C12H16N2O. The summed E-state index contributed by atoms with van der Waals surface area (Å²) in [5, 5.41) is 11.8. The lowest BCUT2D eigenvalue weighted by Gasteiger charge is -2.14. The summed E-state index contributed by atoms with van der Waals surface area (Å²) in [5.41, 5.74) is 1.65. The highest BCUT2D eigenvalue weighted by atomic mass is 16.5. The van der Waals surface area contributed by atoms with E-state index in [9.17, 15) is 0 Å². The van der Waals surface area contributed by atoms with E-state index in [0.29, 0.717) is 5.56 Å². The van der Waals surface area contributed by atoms with Crippen molar-refractivity contribution in [1.82, 2.24) is 5.32 Å². The number of nitrogens with zero attached hydrogens (tertiary/aromatic N) is 1. The third-order valence-electron chi connectivity index (χ3n) is 2.15. The molecule has 3 nitrogen and oxygen atoms in total. The van der Waals surface area contributed by atoms with Crippen LogP contribution in [0.25, 0.3) is 0 Å². The summed E-state index contributed by atoms with van der Waals surface area (Å²) in [7, 11) is 1.89. The van der Waals surface area contributed by atoms with E-state index in [0.717, 1.165) is 17.9 Å². The van der Waals surface area contributed by atoms with Gasteiger partial charge in [0.05, 0.1) is 11.6 Å². The van der Waals surface area contributed by atoms with Crippen LogP contribution in [0.5, 0.6) is 5.75 Å². The third-order valence-corrected chi connectivity index (χ3v) is 2.15. The molecule has 0 heterocycles. The Morgan fingerprint density at radius 1 is 1.53 bits per heavy atom. The lowest BCUT2D eigenvalue weighted by Crippen LogP contribution is -2.26. The van der Waals surface area contributed by atoms with Crippen LogP contribution in [0.3, 0.4) is 0 Å². The average Bonchev–Trinajstić information content (AvgIpc) is 2.18. The fraction of sp³-hybridized carbons (Fsp3) is 0.417. The topological polar surface area (TPSA) is 45.0 Å². The molecule has 0 bridgehead atoms. The van der Waals surface area contributed by atoms with Gasteiger partial charge in [0.15, 0.2) is 0 Å². The first-order valence-corrected chi connectivity index (χ1v) is 4.99. The van der Waals surface area contributed by atoms with Crippen molar-refractivity contribution in [1.29, 1.82) is 5.26 Å². The Labute approximate surface area is 90.7 Å². The molecule has 15 heavy (non-hydrogen) atoms. The van der Waals surface area contributed by atoms with Gasteiger partial charge in [-0.2, -0.15) is 5.26 Å². The fourth-order valence-corrected chi connectivity index (χ4v) is 1.40. The van der Waals surface area contributed by atoms with Gasteiger partial charge < -0.3 is 10.1 Å². The standard InChI is InChI=1S/C12H16N2O/c1-9-6-12(5-4-11(9)7-13)15-10(2)8-14-3/h4-6,10,14H,8H2,1-3H3. The van der Waals surface area contributed by atoms with Crippen LogP contribution in [0, 0.1) is 18.3 Å². The number of ether oxygens (including phenoxy) is 1. The number of hydrogen-bond acceptors (Lipinski definition) is 3. The van der Waals surface area contributed by atoms with Crippen LogP contribution >= 0.6 is 0 Å². The zero-order chi connectivity index (χ0) is 11.3. The molecule has 0 aliphatic rings. The van der Waals surface area contributed by atoms with E-state index in [4.69, 9.17) is 10.00 Å². The van der Waals surface area contributed by atoms with Gasteiger partial charge in [-0.15, -0.1) is 0 Å². The summed E-state index contributed by atoms with van der Waals surface area (Å²) in [6, 6.07) is 7.65. The predicted octanol–water partition coefficient (Wildman–Crippen LogP) is 1.85. The Morgan fingerprint density at radius 3 is 2.80 bits per heavy atom. The fourth-order valence-electron chi connectivity index (χ4n) is 1.40. The van der Waals surface area contributed by atoms with Crippen LogP contribution in [0.1, 0.15) is 18.1 Å². The van der Waals surface area contributed by atoms with Crippen LogP contribution in [-0.4, -0.2) is 19.7 Å². The molecular weight excluding hydrogens is 188 g/mol. The lowest BCUT2D eigenvalue weighted by atomic mass is 10.1. The third kappa shape index (κ3) is 3.26. The number of aryl methyl sites for hydroxylation is 1. The smallest absolute Gasteiger partial charge is 0.120 e. The SMILES string of the molecule is CNCC(C)Oc1ccc(C#N)c(C)c1. The molecule has 1 aromatic carbocycles. The van der Waals surface area contributed by atoms with Crippen molar-refractivity contribution < 1.29 is 4.74 Å². The molecule has 0 aliphatic carbocycles. The zero-order valence-corrected chi connectivity index (χ0v) is 9.37. The summed E-state index contributed by atoms with van der Waals surface area (Å²) in [4.78, 5) is 0. The molecule has 0 aromatic heterocycles. The van der Waals surface area contributed by atoms with E-state index in [1.54, 1.807) is 6.07 Å². The molecule has 3 heteroatoms. The molecule has 1 atom stereocenters. The molecule has 0 spiro atoms. The summed E-state index contributed by atoms with van der Waals surface area (Å²) in [6.07, 6.45) is 0.127. The molecule has 1 rings (SSSR count). The second-order valence-electron chi connectivity index (χ2n) is 3.57. The van der Waals surface area contributed by atoms with Crippen molar-refractivity contribution in [2.45, 2.75) is 20.0 Å². The largest absolute Gasteiger partial charge is 0.489 e. The Hall–Kier alpha value is -1.53. The molecule has 1 unspecified atom stereocenters. The Morgan fingerprint density at radius 2 is 2.27 bits per heavy atom. The molecule has 0 fully saturated rings. The highest BCUT2D eigenvalue weighted by molar-refractivity contribution is 5.41. The van der Waals surface area contributed by atoms with Gasteiger partial charge >= 0.3 is 0 Å². The number of likely N-dealkylation sites (N-methyl/N-ethyl adjacent to an activating group) is 1. The summed E-state index contributed by atoms with van der Waals surface area (Å²) in [6.45, 7) is 4.72.